The predicted molar refractivity (Wildman–Crippen MR) is 57.1 cm³/mol. The molecule has 0 saturated carbocycles. The number of hydrogen-bond acceptors (Lipinski definition) is 4. The molecule has 0 aromatic heterocycles. The van der Waals surface area contributed by atoms with Crippen LogP contribution in [-0.2, 0) is 0 Å². The van der Waals surface area contributed by atoms with Gasteiger partial charge in [0.05, 0.1) is 21.3 Å². The highest BCUT2D eigenvalue weighted by Crippen LogP contribution is 2.40. The smallest absolute Gasteiger partial charge is 0.268 e. The van der Waals surface area contributed by atoms with Crippen molar-refractivity contribution in [2.24, 2.45) is 0 Å². The van der Waals surface area contributed by atoms with Gasteiger partial charge >= 0.3 is 0 Å². The Balaban J connectivity index is 3.27. The van der Waals surface area contributed by atoms with E-state index in [2.05, 4.69) is 0 Å². The highest BCUT2D eigenvalue weighted by Gasteiger charge is 2.23. The average Bonchev–Trinajstić information content (AvgIpc) is 2.35. The summed E-state index contributed by atoms with van der Waals surface area (Å²) >= 11 is 0. The fourth-order valence-corrected chi connectivity index (χ4v) is 1.42. The first kappa shape index (κ1) is 13.5. The second-order valence-electron chi connectivity index (χ2n) is 3.24. The van der Waals surface area contributed by atoms with Crippen LogP contribution in [0.5, 0.6) is 17.2 Å². The summed E-state index contributed by atoms with van der Waals surface area (Å²) in [6, 6.07) is 2.58. The number of aliphatic hydroxyl groups excluding tert-OH is 1. The van der Waals surface area contributed by atoms with Crippen LogP contribution in [0.2, 0.25) is 0 Å². The van der Waals surface area contributed by atoms with E-state index in [4.69, 9.17) is 14.2 Å². The molecule has 1 rings (SSSR count). The van der Waals surface area contributed by atoms with Crippen LogP contribution in [0.4, 0.5) is 8.78 Å². The van der Waals surface area contributed by atoms with Gasteiger partial charge in [-0.25, -0.2) is 8.78 Å². The van der Waals surface area contributed by atoms with Gasteiger partial charge in [0.2, 0.25) is 5.75 Å². The standard InChI is InChI=1S/C11H14F2O4/c1-15-7-4-6(9(14)11(12)13)5-8(16-2)10(7)17-3/h4-5,9,11,14H,1-3H3. The molecule has 1 N–H and O–H groups in total. The van der Waals surface area contributed by atoms with E-state index in [0.717, 1.165) is 0 Å². The molecule has 6 heteroatoms. The van der Waals surface area contributed by atoms with Gasteiger partial charge in [0, 0.05) is 0 Å². The molecule has 0 radical (unpaired) electrons. The van der Waals surface area contributed by atoms with E-state index < -0.39 is 12.5 Å². The molecular weight excluding hydrogens is 234 g/mol. The Morgan fingerprint density at radius 2 is 1.47 bits per heavy atom. The van der Waals surface area contributed by atoms with Gasteiger partial charge in [0.15, 0.2) is 11.5 Å². The van der Waals surface area contributed by atoms with Gasteiger partial charge in [-0.3, -0.25) is 0 Å². The molecule has 0 bridgehead atoms. The summed E-state index contributed by atoms with van der Waals surface area (Å²) in [7, 11) is 4.15. The van der Waals surface area contributed by atoms with Crippen LogP contribution in [0.25, 0.3) is 0 Å². The third-order valence-electron chi connectivity index (χ3n) is 2.27. The zero-order valence-electron chi connectivity index (χ0n) is 9.74. The van der Waals surface area contributed by atoms with Gasteiger partial charge in [0.1, 0.15) is 6.10 Å². The van der Waals surface area contributed by atoms with Crippen molar-refractivity contribution in [1.82, 2.24) is 0 Å². The average molecular weight is 248 g/mol. The molecule has 0 spiro atoms. The Hall–Kier alpha value is -1.56. The lowest BCUT2D eigenvalue weighted by Gasteiger charge is -2.16. The number of halogens is 2. The zero-order valence-corrected chi connectivity index (χ0v) is 9.74. The van der Waals surface area contributed by atoms with Gasteiger partial charge in [-0.2, -0.15) is 0 Å². The summed E-state index contributed by atoms with van der Waals surface area (Å²) in [4.78, 5) is 0. The van der Waals surface area contributed by atoms with Crippen molar-refractivity contribution in [2.45, 2.75) is 12.5 Å². The van der Waals surface area contributed by atoms with E-state index in [1.807, 2.05) is 0 Å². The Labute approximate surface area is 97.7 Å². The minimum Gasteiger partial charge on any atom is -0.493 e. The van der Waals surface area contributed by atoms with E-state index in [-0.39, 0.29) is 17.1 Å². The zero-order chi connectivity index (χ0) is 13.0. The largest absolute Gasteiger partial charge is 0.493 e. The molecule has 0 aliphatic heterocycles. The minimum atomic E-state index is -2.88. The summed E-state index contributed by atoms with van der Waals surface area (Å²) in [5.74, 6) is 0.739. The molecule has 96 valence electrons. The highest BCUT2D eigenvalue weighted by atomic mass is 19.3. The Morgan fingerprint density at radius 1 is 1.00 bits per heavy atom. The molecule has 0 fully saturated rings. The van der Waals surface area contributed by atoms with Crippen LogP contribution in [0, 0.1) is 0 Å². The van der Waals surface area contributed by atoms with Crippen LogP contribution in [-0.4, -0.2) is 32.9 Å². The van der Waals surface area contributed by atoms with Crippen molar-refractivity contribution in [3.8, 4) is 17.2 Å². The van der Waals surface area contributed by atoms with Crippen molar-refractivity contribution in [3.63, 3.8) is 0 Å². The maximum Gasteiger partial charge on any atom is 0.268 e. The number of alkyl halides is 2. The maximum atomic E-state index is 12.4. The predicted octanol–water partition coefficient (Wildman–Crippen LogP) is 2.01. The van der Waals surface area contributed by atoms with Gasteiger partial charge in [0.25, 0.3) is 6.43 Å². The van der Waals surface area contributed by atoms with Crippen molar-refractivity contribution in [2.75, 3.05) is 21.3 Å². The van der Waals surface area contributed by atoms with E-state index in [1.54, 1.807) is 0 Å². The third kappa shape index (κ3) is 2.76. The second-order valence-corrected chi connectivity index (χ2v) is 3.24. The van der Waals surface area contributed by atoms with Crippen LogP contribution < -0.4 is 14.2 Å². The first-order valence-corrected chi connectivity index (χ1v) is 4.81. The fraction of sp³-hybridized carbons (Fsp3) is 0.455. The Morgan fingerprint density at radius 3 is 1.76 bits per heavy atom. The van der Waals surface area contributed by atoms with Crippen molar-refractivity contribution >= 4 is 0 Å². The third-order valence-corrected chi connectivity index (χ3v) is 2.27. The Bertz CT molecular complexity index is 357. The van der Waals surface area contributed by atoms with E-state index in [9.17, 15) is 13.9 Å². The molecule has 0 aliphatic carbocycles. The summed E-state index contributed by atoms with van der Waals surface area (Å²) in [6.45, 7) is 0. The lowest BCUT2D eigenvalue weighted by Crippen LogP contribution is -2.09. The lowest BCUT2D eigenvalue weighted by molar-refractivity contribution is -0.00599. The van der Waals surface area contributed by atoms with E-state index in [1.165, 1.54) is 33.5 Å². The number of aliphatic hydroxyl groups is 1. The quantitative estimate of drug-likeness (QED) is 0.866. The van der Waals surface area contributed by atoms with Crippen LogP contribution >= 0.6 is 0 Å². The molecule has 1 aromatic carbocycles. The van der Waals surface area contributed by atoms with Crippen LogP contribution in [0.1, 0.15) is 11.7 Å². The molecule has 1 aromatic rings. The number of benzene rings is 1. The molecule has 0 aliphatic rings. The summed E-state index contributed by atoms with van der Waals surface area (Å²) in [5.41, 5.74) is 0.00880. The number of ether oxygens (including phenoxy) is 3. The normalized spacial score (nSPS) is 12.4. The maximum absolute atomic E-state index is 12.4. The molecule has 1 unspecified atom stereocenters. The monoisotopic (exact) mass is 248 g/mol. The second kappa shape index (κ2) is 5.67. The van der Waals surface area contributed by atoms with Gasteiger partial charge in [-0.15, -0.1) is 0 Å². The van der Waals surface area contributed by atoms with Crippen molar-refractivity contribution in [1.29, 1.82) is 0 Å². The summed E-state index contributed by atoms with van der Waals surface area (Å²) in [5, 5.41) is 9.30. The topological polar surface area (TPSA) is 47.9 Å². The van der Waals surface area contributed by atoms with Crippen LogP contribution in [0.3, 0.4) is 0 Å². The van der Waals surface area contributed by atoms with E-state index in [0.29, 0.717) is 5.75 Å². The summed E-state index contributed by atoms with van der Waals surface area (Å²) in [6.07, 6.45) is -4.76. The van der Waals surface area contributed by atoms with E-state index >= 15 is 0 Å². The molecular formula is C11H14F2O4. The molecule has 4 nitrogen and oxygen atoms in total. The summed E-state index contributed by atoms with van der Waals surface area (Å²) < 4.78 is 39.8. The first-order chi connectivity index (χ1) is 8.04. The van der Waals surface area contributed by atoms with Crippen LogP contribution in [0.15, 0.2) is 12.1 Å². The molecule has 1 atom stereocenters. The highest BCUT2D eigenvalue weighted by molar-refractivity contribution is 5.54. The number of methoxy groups -OCH3 is 3. The van der Waals surface area contributed by atoms with Gasteiger partial charge in [-0.1, -0.05) is 0 Å². The molecule has 17 heavy (non-hydrogen) atoms. The van der Waals surface area contributed by atoms with Crippen molar-refractivity contribution < 1.29 is 28.1 Å². The first-order valence-electron chi connectivity index (χ1n) is 4.81. The van der Waals surface area contributed by atoms with Gasteiger partial charge < -0.3 is 19.3 Å². The SMILES string of the molecule is COc1cc(C(O)C(F)F)cc(OC)c1OC. The van der Waals surface area contributed by atoms with Gasteiger partial charge in [-0.05, 0) is 17.7 Å². The van der Waals surface area contributed by atoms with Crippen molar-refractivity contribution in [3.05, 3.63) is 17.7 Å². The number of hydrogen-bond donors (Lipinski definition) is 1. The molecule has 0 amide bonds. The fourth-order valence-electron chi connectivity index (χ4n) is 1.42. The minimum absolute atomic E-state index is 0.00880. The molecule has 0 saturated heterocycles. The number of rotatable bonds is 5. The lowest BCUT2D eigenvalue weighted by atomic mass is 10.1. The molecule has 0 heterocycles. The Kier molecular flexibility index (Phi) is 4.51.